The van der Waals surface area contributed by atoms with E-state index in [-0.39, 0.29) is 29.9 Å². The fourth-order valence-electron chi connectivity index (χ4n) is 2.12. The monoisotopic (exact) mass is 261 g/mol. The van der Waals surface area contributed by atoms with E-state index in [4.69, 9.17) is 5.73 Å². The van der Waals surface area contributed by atoms with Crippen LogP contribution in [0.3, 0.4) is 0 Å². The molecule has 0 aromatic heterocycles. The smallest absolute Gasteiger partial charge is 0.153 e. The summed E-state index contributed by atoms with van der Waals surface area (Å²) in [4.78, 5) is 11.9. The average molecular weight is 261 g/mol. The molecule has 0 aromatic carbocycles. The highest BCUT2D eigenvalue weighted by Gasteiger charge is 2.26. The van der Waals surface area contributed by atoms with Crippen molar-refractivity contribution in [3.05, 3.63) is 0 Å². The van der Waals surface area contributed by atoms with Gasteiger partial charge in [0.25, 0.3) is 0 Å². The largest absolute Gasteiger partial charge is 0.328 e. The molecule has 0 heterocycles. The van der Waals surface area contributed by atoms with Crippen LogP contribution in [-0.4, -0.2) is 31.2 Å². The second kappa shape index (κ2) is 5.96. The van der Waals surface area contributed by atoms with Crippen LogP contribution >= 0.6 is 0 Å². The van der Waals surface area contributed by atoms with Crippen molar-refractivity contribution in [1.29, 1.82) is 0 Å². The third-order valence-corrected chi connectivity index (χ3v) is 5.79. The molecule has 17 heavy (non-hydrogen) atoms. The molecule has 0 aliphatic heterocycles. The topological polar surface area (TPSA) is 77.2 Å². The lowest BCUT2D eigenvalue weighted by Crippen LogP contribution is -2.31. The molecule has 0 radical (unpaired) electrons. The van der Waals surface area contributed by atoms with Gasteiger partial charge >= 0.3 is 0 Å². The van der Waals surface area contributed by atoms with Gasteiger partial charge in [-0.1, -0.05) is 0 Å². The quantitative estimate of drug-likeness (QED) is 0.809. The molecule has 1 aliphatic carbocycles. The summed E-state index contributed by atoms with van der Waals surface area (Å²) >= 11 is 0. The summed E-state index contributed by atoms with van der Waals surface area (Å²) < 4.78 is 23.2. The first-order valence-electron chi connectivity index (χ1n) is 6.33. The van der Waals surface area contributed by atoms with E-state index in [1.165, 1.54) is 0 Å². The summed E-state index contributed by atoms with van der Waals surface area (Å²) in [6.07, 6.45) is 3.57. The molecule has 1 aliphatic rings. The lowest BCUT2D eigenvalue weighted by molar-refractivity contribution is -0.123. The number of nitrogens with two attached hydrogens (primary N) is 1. The summed E-state index contributed by atoms with van der Waals surface area (Å²) in [7, 11) is -3.09. The molecule has 1 fully saturated rings. The number of Topliss-reactive ketones (excluding diaryl/α,β-unsaturated/α-hetero) is 1. The Kier molecular flexibility index (Phi) is 5.13. The number of hydrogen-bond donors (Lipinski definition) is 1. The van der Waals surface area contributed by atoms with Crippen molar-refractivity contribution < 1.29 is 13.2 Å². The standard InChI is InChI=1S/C12H23NO3S/c1-9(2)17(15,16)8-7-12(14)10-3-5-11(13)6-4-10/h9-11H,3-8,13H2,1-2H3. The van der Waals surface area contributed by atoms with Gasteiger partial charge in [-0.05, 0) is 39.5 Å². The van der Waals surface area contributed by atoms with Gasteiger partial charge in [0.1, 0.15) is 5.78 Å². The first-order valence-corrected chi connectivity index (χ1v) is 8.04. The predicted molar refractivity (Wildman–Crippen MR) is 68.5 cm³/mol. The summed E-state index contributed by atoms with van der Waals surface area (Å²) in [5.74, 6) is 0.129. The summed E-state index contributed by atoms with van der Waals surface area (Å²) in [6, 6.07) is 0.221. The van der Waals surface area contributed by atoms with Gasteiger partial charge in [-0.3, -0.25) is 4.79 Å². The predicted octanol–water partition coefficient (Wildman–Crippen LogP) is 1.29. The Hall–Kier alpha value is -0.420. The third-order valence-electron chi connectivity index (χ3n) is 3.58. The highest BCUT2D eigenvalue weighted by molar-refractivity contribution is 7.91. The number of ketones is 1. The van der Waals surface area contributed by atoms with Crippen molar-refractivity contribution >= 4 is 15.6 Å². The lowest BCUT2D eigenvalue weighted by Gasteiger charge is -2.25. The minimum absolute atomic E-state index is 0.00788. The molecule has 0 spiro atoms. The number of rotatable bonds is 5. The van der Waals surface area contributed by atoms with E-state index in [9.17, 15) is 13.2 Å². The number of carbonyl (C=O) groups excluding carboxylic acids is 1. The molecule has 4 nitrogen and oxygen atoms in total. The fourth-order valence-corrected chi connectivity index (χ4v) is 3.08. The summed E-state index contributed by atoms with van der Waals surface area (Å²) in [5, 5.41) is -0.393. The van der Waals surface area contributed by atoms with Crippen molar-refractivity contribution in [2.75, 3.05) is 5.75 Å². The molecular formula is C12H23NO3S. The van der Waals surface area contributed by atoms with Gasteiger partial charge in [0.15, 0.2) is 9.84 Å². The first-order chi connectivity index (χ1) is 7.83. The molecule has 100 valence electrons. The van der Waals surface area contributed by atoms with Gasteiger partial charge in [-0.15, -0.1) is 0 Å². The van der Waals surface area contributed by atoms with Crippen molar-refractivity contribution in [3.8, 4) is 0 Å². The van der Waals surface area contributed by atoms with Crippen molar-refractivity contribution in [2.45, 2.75) is 57.2 Å². The van der Waals surface area contributed by atoms with E-state index < -0.39 is 15.1 Å². The molecule has 0 aromatic rings. The Morgan fingerprint density at radius 1 is 1.24 bits per heavy atom. The van der Waals surface area contributed by atoms with Crippen LogP contribution in [0.1, 0.15) is 46.0 Å². The van der Waals surface area contributed by atoms with E-state index in [1.54, 1.807) is 13.8 Å². The van der Waals surface area contributed by atoms with Crippen LogP contribution in [0.2, 0.25) is 0 Å². The average Bonchev–Trinajstić information content (AvgIpc) is 2.27. The van der Waals surface area contributed by atoms with Crippen molar-refractivity contribution in [2.24, 2.45) is 11.7 Å². The normalized spacial score (nSPS) is 26.1. The number of hydrogen-bond acceptors (Lipinski definition) is 4. The van der Waals surface area contributed by atoms with E-state index in [1.807, 2.05) is 0 Å². The maximum absolute atomic E-state index is 11.9. The zero-order valence-corrected chi connectivity index (χ0v) is 11.5. The maximum atomic E-state index is 11.9. The minimum atomic E-state index is -3.09. The number of carbonyl (C=O) groups is 1. The van der Waals surface area contributed by atoms with E-state index in [0.29, 0.717) is 0 Å². The zero-order chi connectivity index (χ0) is 13.1. The Morgan fingerprint density at radius 3 is 2.24 bits per heavy atom. The summed E-state index contributed by atoms with van der Waals surface area (Å²) in [5.41, 5.74) is 5.77. The molecule has 0 atom stereocenters. The van der Waals surface area contributed by atoms with Crippen molar-refractivity contribution in [1.82, 2.24) is 0 Å². The van der Waals surface area contributed by atoms with Crippen LogP contribution in [0, 0.1) is 5.92 Å². The van der Waals surface area contributed by atoms with E-state index in [0.717, 1.165) is 25.7 Å². The Bertz CT molecular complexity index is 354. The molecule has 0 saturated heterocycles. The van der Waals surface area contributed by atoms with Crippen LogP contribution in [0.25, 0.3) is 0 Å². The molecule has 1 rings (SSSR count). The van der Waals surface area contributed by atoms with Crippen LogP contribution < -0.4 is 5.73 Å². The molecule has 2 N–H and O–H groups in total. The van der Waals surface area contributed by atoms with Gasteiger partial charge in [0.2, 0.25) is 0 Å². The molecular weight excluding hydrogens is 238 g/mol. The van der Waals surface area contributed by atoms with Crippen LogP contribution in [0.5, 0.6) is 0 Å². The highest BCUT2D eigenvalue weighted by atomic mass is 32.2. The molecule has 0 unspecified atom stereocenters. The third kappa shape index (κ3) is 4.39. The van der Waals surface area contributed by atoms with E-state index >= 15 is 0 Å². The molecule has 5 heteroatoms. The Balaban J connectivity index is 2.40. The van der Waals surface area contributed by atoms with Crippen molar-refractivity contribution in [3.63, 3.8) is 0 Å². The zero-order valence-electron chi connectivity index (χ0n) is 10.7. The Labute approximate surface area is 104 Å². The summed E-state index contributed by atoms with van der Waals surface area (Å²) in [6.45, 7) is 3.30. The maximum Gasteiger partial charge on any atom is 0.153 e. The molecule has 0 bridgehead atoms. The van der Waals surface area contributed by atoms with Gasteiger partial charge in [-0.2, -0.15) is 0 Å². The second-order valence-corrected chi connectivity index (χ2v) is 7.92. The fraction of sp³-hybridized carbons (Fsp3) is 0.917. The highest BCUT2D eigenvalue weighted by Crippen LogP contribution is 2.25. The van der Waals surface area contributed by atoms with Crippen LogP contribution in [-0.2, 0) is 14.6 Å². The minimum Gasteiger partial charge on any atom is -0.328 e. The van der Waals surface area contributed by atoms with Gasteiger partial charge in [0, 0.05) is 18.4 Å². The van der Waals surface area contributed by atoms with E-state index in [2.05, 4.69) is 0 Å². The van der Waals surface area contributed by atoms with Crippen LogP contribution in [0.4, 0.5) is 0 Å². The Morgan fingerprint density at radius 2 is 1.76 bits per heavy atom. The van der Waals surface area contributed by atoms with Gasteiger partial charge < -0.3 is 5.73 Å². The number of sulfone groups is 1. The molecule has 0 amide bonds. The lowest BCUT2D eigenvalue weighted by atomic mass is 9.83. The van der Waals surface area contributed by atoms with Crippen LogP contribution in [0.15, 0.2) is 0 Å². The molecule has 1 saturated carbocycles. The SMILES string of the molecule is CC(C)S(=O)(=O)CCC(=O)C1CCC(N)CC1. The second-order valence-electron chi connectivity index (χ2n) is 5.24. The van der Waals surface area contributed by atoms with Gasteiger partial charge in [-0.25, -0.2) is 8.42 Å². The first kappa shape index (κ1) is 14.6. The van der Waals surface area contributed by atoms with Gasteiger partial charge in [0.05, 0.1) is 11.0 Å².